The monoisotopic (exact) mass is 304 g/mol. The number of amides is 1. The van der Waals surface area contributed by atoms with E-state index in [0.29, 0.717) is 13.0 Å². The van der Waals surface area contributed by atoms with Gasteiger partial charge in [0.25, 0.3) is 0 Å². The molecule has 1 aliphatic heterocycles. The maximum atomic E-state index is 11.7. The molecule has 1 aromatic rings. The number of hydrogen-bond acceptors (Lipinski definition) is 4. The summed E-state index contributed by atoms with van der Waals surface area (Å²) >= 11 is 4.87. The summed E-state index contributed by atoms with van der Waals surface area (Å²) in [5, 5.41) is 6.98. The van der Waals surface area contributed by atoms with Crippen molar-refractivity contribution < 1.29 is 9.53 Å². The van der Waals surface area contributed by atoms with Gasteiger partial charge in [-0.15, -0.1) is 11.3 Å². The molecule has 88 valence electrons. The summed E-state index contributed by atoms with van der Waals surface area (Å²) in [4.78, 5) is 11.7. The second-order valence-electron chi connectivity index (χ2n) is 3.58. The van der Waals surface area contributed by atoms with Crippen LogP contribution in [0.2, 0.25) is 0 Å². The number of hydrogen-bond donors (Lipinski definition) is 2. The van der Waals surface area contributed by atoms with Gasteiger partial charge in [0.1, 0.15) is 0 Å². The van der Waals surface area contributed by atoms with Gasteiger partial charge in [-0.1, -0.05) is 0 Å². The smallest absolute Gasteiger partial charge is 0.226 e. The summed E-state index contributed by atoms with van der Waals surface area (Å²) in [5.74, 6) is 0.0253. The van der Waals surface area contributed by atoms with Crippen molar-refractivity contribution in [2.45, 2.75) is 12.5 Å². The van der Waals surface area contributed by atoms with Crippen LogP contribution in [0.25, 0.3) is 0 Å². The van der Waals surface area contributed by atoms with Gasteiger partial charge in [-0.2, -0.15) is 0 Å². The normalized spacial score (nSPS) is 20.7. The van der Waals surface area contributed by atoms with Crippen molar-refractivity contribution in [2.75, 3.05) is 25.1 Å². The molecule has 16 heavy (non-hydrogen) atoms. The molecular weight excluding hydrogens is 292 g/mol. The van der Waals surface area contributed by atoms with Crippen LogP contribution in [0, 0.1) is 0 Å². The van der Waals surface area contributed by atoms with Gasteiger partial charge in [0.2, 0.25) is 5.91 Å². The number of nitrogens with one attached hydrogen (secondary N) is 2. The Morgan fingerprint density at radius 1 is 1.69 bits per heavy atom. The van der Waals surface area contributed by atoms with E-state index in [1.54, 1.807) is 0 Å². The molecule has 2 heterocycles. The van der Waals surface area contributed by atoms with Gasteiger partial charge in [-0.3, -0.25) is 4.79 Å². The van der Waals surface area contributed by atoms with E-state index in [9.17, 15) is 4.79 Å². The fraction of sp³-hybridized carbons (Fsp3) is 0.500. The molecule has 0 saturated carbocycles. The molecule has 0 bridgehead atoms. The maximum absolute atomic E-state index is 11.7. The van der Waals surface area contributed by atoms with Crippen LogP contribution in [0.4, 0.5) is 5.00 Å². The van der Waals surface area contributed by atoms with E-state index in [2.05, 4.69) is 26.6 Å². The molecule has 1 saturated heterocycles. The molecule has 0 aromatic carbocycles. The van der Waals surface area contributed by atoms with E-state index in [1.807, 2.05) is 12.1 Å². The first-order valence-electron chi connectivity index (χ1n) is 5.10. The average molecular weight is 305 g/mol. The Bertz CT molecular complexity index is 363. The van der Waals surface area contributed by atoms with Crippen molar-refractivity contribution in [3.8, 4) is 0 Å². The minimum Gasteiger partial charge on any atom is -0.378 e. The first-order valence-corrected chi connectivity index (χ1v) is 6.71. The van der Waals surface area contributed by atoms with Crippen LogP contribution < -0.4 is 10.6 Å². The Morgan fingerprint density at radius 2 is 2.56 bits per heavy atom. The van der Waals surface area contributed by atoms with E-state index in [-0.39, 0.29) is 11.9 Å². The average Bonchev–Trinajstić information content (AvgIpc) is 2.65. The molecule has 1 unspecified atom stereocenters. The number of morpholine rings is 1. The SMILES string of the molecule is O=C(CC1COCCN1)Nc1ccc(Br)s1. The molecule has 2 rings (SSSR count). The molecule has 1 fully saturated rings. The fourth-order valence-electron chi connectivity index (χ4n) is 1.54. The molecule has 2 N–H and O–H groups in total. The minimum atomic E-state index is 0.0253. The molecule has 1 amide bonds. The fourth-order valence-corrected chi connectivity index (χ4v) is 2.85. The van der Waals surface area contributed by atoms with Crippen molar-refractivity contribution in [2.24, 2.45) is 0 Å². The van der Waals surface area contributed by atoms with Crippen LogP contribution in [0.1, 0.15) is 6.42 Å². The lowest BCUT2D eigenvalue weighted by Gasteiger charge is -2.23. The Kier molecular flexibility index (Phi) is 4.34. The summed E-state index contributed by atoms with van der Waals surface area (Å²) in [6.45, 7) is 2.17. The van der Waals surface area contributed by atoms with E-state index in [0.717, 1.165) is 21.9 Å². The van der Waals surface area contributed by atoms with E-state index < -0.39 is 0 Å². The summed E-state index contributed by atoms with van der Waals surface area (Å²) in [5.41, 5.74) is 0. The van der Waals surface area contributed by atoms with Gasteiger partial charge in [0.05, 0.1) is 22.0 Å². The molecule has 0 aliphatic carbocycles. The van der Waals surface area contributed by atoms with Crippen LogP contribution in [0.15, 0.2) is 15.9 Å². The standard InChI is InChI=1S/C10H13BrN2O2S/c11-8-1-2-10(16-8)13-9(14)5-7-6-15-4-3-12-7/h1-2,7,12H,3-6H2,(H,13,14). The predicted molar refractivity (Wildman–Crippen MR) is 67.9 cm³/mol. The van der Waals surface area contributed by atoms with Crippen LogP contribution in [0.3, 0.4) is 0 Å². The first-order chi connectivity index (χ1) is 7.74. The lowest BCUT2D eigenvalue weighted by molar-refractivity contribution is -0.117. The number of anilines is 1. The third kappa shape index (κ3) is 3.55. The highest BCUT2D eigenvalue weighted by Crippen LogP contribution is 2.26. The van der Waals surface area contributed by atoms with Gasteiger partial charge in [-0.25, -0.2) is 0 Å². The van der Waals surface area contributed by atoms with Gasteiger partial charge in [-0.05, 0) is 28.1 Å². The molecule has 0 radical (unpaired) electrons. The quantitative estimate of drug-likeness (QED) is 0.896. The third-order valence-corrected chi connectivity index (χ3v) is 3.81. The van der Waals surface area contributed by atoms with Crippen molar-refractivity contribution in [1.29, 1.82) is 0 Å². The van der Waals surface area contributed by atoms with E-state index in [4.69, 9.17) is 4.74 Å². The summed E-state index contributed by atoms with van der Waals surface area (Å²) < 4.78 is 6.31. The van der Waals surface area contributed by atoms with Crippen molar-refractivity contribution in [3.05, 3.63) is 15.9 Å². The van der Waals surface area contributed by atoms with E-state index >= 15 is 0 Å². The predicted octanol–water partition coefficient (Wildman–Crippen LogP) is 1.83. The number of rotatable bonds is 3. The van der Waals surface area contributed by atoms with E-state index in [1.165, 1.54) is 11.3 Å². The minimum absolute atomic E-state index is 0.0253. The zero-order valence-electron chi connectivity index (χ0n) is 8.66. The highest BCUT2D eigenvalue weighted by molar-refractivity contribution is 9.11. The largest absolute Gasteiger partial charge is 0.378 e. The molecule has 4 nitrogen and oxygen atoms in total. The van der Waals surface area contributed by atoms with Crippen molar-refractivity contribution >= 4 is 38.2 Å². The lowest BCUT2D eigenvalue weighted by Crippen LogP contribution is -2.43. The molecule has 6 heteroatoms. The summed E-state index contributed by atoms with van der Waals surface area (Å²) in [6, 6.07) is 3.94. The van der Waals surface area contributed by atoms with Crippen LogP contribution in [-0.4, -0.2) is 31.7 Å². The summed E-state index contributed by atoms with van der Waals surface area (Å²) in [7, 11) is 0. The second-order valence-corrected chi connectivity index (χ2v) is 6.05. The zero-order chi connectivity index (χ0) is 11.4. The Labute approximate surface area is 106 Å². The topological polar surface area (TPSA) is 50.4 Å². The number of thiophene rings is 1. The Balaban J connectivity index is 1.79. The number of ether oxygens (including phenoxy) is 1. The van der Waals surface area contributed by atoms with Gasteiger partial charge >= 0.3 is 0 Å². The zero-order valence-corrected chi connectivity index (χ0v) is 11.1. The van der Waals surface area contributed by atoms with Crippen LogP contribution in [-0.2, 0) is 9.53 Å². The molecule has 0 spiro atoms. The molecule has 1 aromatic heterocycles. The van der Waals surface area contributed by atoms with Crippen molar-refractivity contribution in [3.63, 3.8) is 0 Å². The number of carbonyl (C=O) groups excluding carboxylic acids is 1. The Hall–Kier alpha value is -0.430. The van der Waals surface area contributed by atoms with Crippen LogP contribution >= 0.6 is 27.3 Å². The van der Waals surface area contributed by atoms with Crippen molar-refractivity contribution in [1.82, 2.24) is 5.32 Å². The second kappa shape index (κ2) is 5.77. The number of carbonyl (C=O) groups is 1. The van der Waals surface area contributed by atoms with Crippen LogP contribution in [0.5, 0.6) is 0 Å². The molecule has 1 aliphatic rings. The third-order valence-electron chi connectivity index (χ3n) is 2.27. The molecule has 1 atom stereocenters. The van der Waals surface area contributed by atoms with Gasteiger partial charge in [0, 0.05) is 19.0 Å². The molecular formula is C10H13BrN2O2S. The maximum Gasteiger partial charge on any atom is 0.226 e. The summed E-state index contributed by atoms with van der Waals surface area (Å²) in [6.07, 6.45) is 0.454. The van der Waals surface area contributed by atoms with Gasteiger partial charge < -0.3 is 15.4 Å². The highest BCUT2D eigenvalue weighted by Gasteiger charge is 2.17. The Morgan fingerprint density at radius 3 is 3.19 bits per heavy atom. The van der Waals surface area contributed by atoms with Gasteiger partial charge in [0.15, 0.2) is 0 Å². The number of halogens is 1. The lowest BCUT2D eigenvalue weighted by atomic mass is 10.2. The first kappa shape index (κ1) is 12.0. The highest BCUT2D eigenvalue weighted by atomic mass is 79.9.